The number of benzene rings is 1. The van der Waals surface area contributed by atoms with Gasteiger partial charge in [-0.25, -0.2) is 0 Å². The first-order valence-corrected chi connectivity index (χ1v) is 5.54. The van der Waals surface area contributed by atoms with Crippen molar-refractivity contribution in [3.63, 3.8) is 0 Å². The number of carbonyl (C=O) groups excluding carboxylic acids is 1. The van der Waals surface area contributed by atoms with Gasteiger partial charge in [-0.3, -0.25) is 4.79 Å². The van der Waals surface area contributed by atoms with Gasteiger partial charge in [0.2, 0.25) is 5.91 Å². The number of phenolic OH excluding ortho intramolecular Hbond substituents is 1. The standard InChI is InChI=1S/C12H18N2O4/c1-17-6-5-13-8-12(16)14-10-7-9(18-2)3-4-11(10)15/h3-4,7,13,15H,5-6,8H2,1-2H3,(H,14,16). The second-order valence-electron chi connectivity index (χ2n) is 3.60. The zero-order valence-electron chi connectivity index (χ0n) is 10.5. The van der Waals surface area contributed by atoms with Gasteiger partial charge in [0.25, 0.3) is 0 Å². The molecule has 18 heavy (non-hydrogen) atoms. The van der Waals surface area contributed by atoms with E-state index in [1.807, 2.05) is 0 Å². The maximum atomic E-state index is 11.6. The third kappa shape index (κ3) is 4.60. The minimum Gasteiger partial charge on any atom is -0.506 e. The Morgan fingerprint density at radius 2 is 2.17 bits per heavy atom. The normalized spacial score (nSPS) is 10.1. The second kappa shape index (κ2) is 7.52. The van der Waals surface area contributed by atoms with Gasteiger partial charge in [-0.05, 0) is 12.1 Å². The van der Waals surface area contributed by atoms with Crippen LogP contribution in [0.1, 0.15) is 0 Å². The predicted octanol–water partition coefficient (Wildman–Crippen LogP) is 0.575. The summed E-state index contributed by atoms with van der Waals surface area (Å²) in [5.41, 5.74) is 0.327. The number of nitrogens with one attached hydrogen (secondary N) is 2. The van der Waals surface area contributed by atoms with E-state index >= 15 is 0 Å². The van der Waals surface area contributed by atoms with E-state index in [0.29, 0.717) is 24.6 Å². The van der Waals surface area contributed by atoms with Gasteiger partial charge in [-0.2, -0.15) is 0 Å². The number of hydrogen-bond donors (Lipinski definition) is 3. The van der Waals surface area contributed by atoms with Gasteiger partial charge >= 0.3 is 0 Å². The van der Waals surface area contributed by atoms with Crippen molar-refractivity contribution in [2.24, 2.45) is 0 Å². The van der Waals surface area contributed by atoms with E-state index in [4.69, 9.17) is 9.47 Å². The van der Waals surface area contributed by atoms with E-state index in [0.717, 1.165) is 0 Å². The van der Waals surface area contributed by atoms with Crippen LogP contribution >= 0.6 is 0 Å². The fraction of sp³-hybridized carbons (Fsp3) is 0.417. The van der Waals surface area contributed by atoms with Crippen LogP contribution in [0.3, 0.4) is 0 Å². The Morgan fingerprint density at radius 1 is 1.39 bits per heavy atom. The van der Waals surface area contributed by atoms with Crippen LogP contribution in [-0.2, 0) is 9.53 Å². The lowest BCUT2D eigenvalue weighted by Crippen LogP contribution is -2.30. The highest BCUT2D eigenvalue weighted by Crippen LogP contribution is 2.27. The average molecular weight is 254 g/mol. The number of carbonyl (C=O) groups is 1. The maximum absolute atomic E-state index is 11.6. The van der Waals surface area contributed by atoms with Crippen molar-refractivity contribution in [2.45, 2.75) is 0 Å². The minimum absolute atomic E-state index is 0.000964. The van der Waals surface area contributed by atoms with Gasteiger partial charge in [-0.1, -0.05) is 0 Å². The summed E-state index contributed by atoms with van der Waals surface area (Å²) in [7, 11) is 3.11. The van der Waals surface area contributed by atoms with Crippen LogP contribution in [0.4, 0.5) is 5.69 Å². The number of phenols is 1. The maximum Gasteiger partial charge on any atom is 0.238 e. The zero-order valence-corrected chi connectivity index (χ0v) is 10.5. The number of rotatable bonds is 7. The Balaban J connectivity index is 2.48. The van der Waals surface area contributed by atoms with Crippen LogP contribution in [-0.4, -0.2) is 44.9 Å². The summed E-state index contributed by atoms with van der Waals surface area (Å²) in [5, 5.41) is 15.1. The fourth-order valence-electron chi connectivity index (χ4n) is 1.31. The van der Waals surface area contributed by atoms with Crippen molar-refractivity contribution in [2.75, 3.05) is 39.2 Å². The molecule has 1 aromatic carbocycles. The molecule has 1 amide bonds. The predicted molar refractivity (Wildman–Crippen MR) is 68.0 cm³/mol. The molecular weight excluding hydrogens is 236 g/mol. The SMILES string of the molecule is COCCNCC(=O)Nc1cc(OC)ccc1O. The number of ether oxygens (including phenoxy) is 2. The molecule has 0 saturated carbocycles. The van der Waals surface area contributed by atoms with E-state index in [1.54, 1.807) is 19.2 Å². The van der Waals surface area contributed by atoms with Gasteiger partial charge in [0, 0.05) is 19.7 Å². The highest BCUT2D eigenvalue weighted by molar-refractivity contribution is 5.93. The molecule has 0 heterocycles. The molecule has 0 saturated heterocycles. The molecule has 0 unspecified atom stereocenters. The zero-order chi connectivity index (χ0) is 13.4. The van der Waals surface area contributed by atoms with Gasteiger partial charge < -0.3 is 25.2 Å². The van der Waals surface area contributed by atoms with E-state index in [1.165, 1.54) is 13.2 Å². The molecule has 0 spiro atoms. The van der Waals surface area contributed by atoms with Gasteiger partial charge in [-0.15, -0.1) is 0 Å². The molecule has 1 aromatic rings. The Morgan fingerprint density at radius 3 is 2.83 bits per heavy atom. The van der Waals surface area contributed by atoms with Crippen LogP contribution in [0.15, 0.2) is 18.2 Å². The minimum atomic E-state index is -0.241. The van der Waals surface area contributed by atoms with E-state index in [9.17, 15) is 9.90 Å². The molecule has 1 rings (SSSR count). The molecule has 6 heteroatoms. The smallest absolute Gasteiger partial charge is 0.238 e. The topological polar surface area (TPSA) is 79.8 Å². The van der Waals surface area contributed by atoms with E-state index < -0.39 is 0 Å². The summed E-state index contributed by atoms with van der Waals surface area (Å²) in [6.07, 6.45) is 0. The summed E-state index contributed by atoms with van der Waals surface area (Å²) < 4.78 is 9.85. The number of hydrogen-bond acceptors (Lipinski definition) is 5. The molecule has 0 radical (unpaired) electrons. The van der Waals surface area contributed by atoms with Crippen LogP contribution in [0.5, 0.6) is 11.5 Å². The number of anilines is 1. The van der Waals surface area contributed by atoms with Crippen molar-refractivity contribution < 1.29 is 19.4 Å². The summed E-state index contributed by atoms with van der Waals surface area (Å²) in [4.78, 5) is 11.6. The lowest BCUT2D eigenvalue weighted by molar-refractivity contribution is -0.115. The summed E-state index contributed by atoms with van der Waals surface area (Å²) >= 11 is 0. The summed E-state index contributed by atoms with van der Waals surface area (Å²) in [5.74, 6) is 0.325. The average Bonchev–Trinajstić information content (AvgIpc) is 2.37. The first-order valence-electron chi connectivity index (χ1n) is 5.54. The summed E-state index contributed by atoms with van der Waals surface area (Å²) in [6, 6.07) is 4.64. The van der Waals surface area contributed by atoms with Gasteiger partial charge in [0.15, 0.2) is 0 Å². The van der Waals surface area contributed by atoms with E-state index in [2.05, 4.69) is 10.6 Å². The van der Waals surface area contributed by atoms with Crippen molar-refractivity contribution >= 4 is 11.6 Å². The quantitative estimate of drug-likeness (QED) is 0.490. The number of aromatic hydroxyl groups is 1. The molecule has 0 aliphatic heterocycles. The van der Waals surface area contributed by atoms with Gasteiger partial charge in [0.05, 0.1) is 25.9 Å². The molecular formula is C12H18N2O4. The third-order valence-corrected chi connectivity index (χ3v) is 2.25. The van der Waals surface area contributed by atoms with Crippen molar-refractivity contribution in [3.05, 3.63) is 18.2 Å². The molecule has 0 aromatic heterocycles. The summed E-state index contributed by atoms with van der Waals surface area (Å²) in [6.45, 7) is 1.28. The Bertz CT molecular complexity index is 396. The van der Waals surface area contributed by atoms with Crippen LogP contribution in [0, 0.1) is 0 Å². The Labute approximate surface area is 106 Å². The first-order chi connectivity index (χ1) is 8.67. The molecule has 0 fully saturated rings. The molecule has 0 aliphatic carbocycles. The Kier molecular flexibility index (Phi) is 5.96. The molecule has 100 valence electrons. The van der Waals surface area contributed by atoms with E-state index in [-0.39, 0.29) is 18.2 Å². The number of methoxy groups -OCH3 is 2. The highest BCUT2D eigenvalue weighted by Gasteiger charge is 2.07. The molecule has 6 nitrogen and oxygen atoms in total. The van der Waals surface area contributed by atoms with Crippen LogP contribution in [0.2, 0.25) is 0 Å². The first kappa shape index (κ1) is 14.3. The molecule has 0 aliphatic rings. The second-order valence-corrected chi connectivity index (χ2v) is 3.60. The third-order valence-electron chi connectivity index (χ3n) is 2.25. The van der Waals surface area contributed by atoms with Crippen molar-refractivity contribution in [1.82, 2.24) is 5.32 Å². The van der Waals surface area contributed by atoms with Crippen LogP contribution in [0.25, 0.3) is 0 Å². The molecule has 3 N–H and O–H groups in total. The van der Waals surface area contributed by atoms with Crippen LogP contribution < -0.4 is 15.4 Å². The van der Waals surface area contributed by atoms with Gasteiger partial charge in [0.1, 0.15) is 11.5 Å². The molecule has 0 atom stereocenters. The number of amides is 1. The Hall–Kier alpha value is -1.79. The lowest BCUT2D eigenvalue weighted by Gasteiger charge is -2.09. The highest BCUT2D eigenvalue weighted by atomic mass is 16.5. The lowest BCUT2D eigenvalue weighted by atomic mass is 10.2. The molecule has 0 bridgehead atoms. The van der Waals surface area contributed by atoms with Crippen molar-refractivity contribution in [1.29, 1.82) is 0 Å². The monoisotopic (exact) mass is 254 g/mol. The fourth-order valence-corrected chi connectivity index (χ4v) is 1.31. The van der Waals surface area contributed by atoms with Crippen molar-refractivity contribution in [3.8, 4) is 11.5 Å². The largest absolute Gasteiger partial charge is 0.506 e.